The Bertz CT molecular complexity index is 1140. The third-order valence-electron chi connectivity index (χ3n) is 4.65. The summed E-state index contributed by atoms with van der Waals surface area (Å²) in [4.78, 5) is 28.9. The first-order chi connectivity index (χ1) is 15.3. The first kappa shape index (κ1) is 23.2. The number of carbonyl (C=O) groups is 2. The highest BCUT2D eigenvalue weighted by Gasteiger charge is 2.17. The van der Waals surface area contributed by atoms with E-state index in [0.717, 1.165) is 11.1 Å². The summed E-state index contributed by atoms with van der Waals surface area (Å²) >= 11 is 6.17. The topological polar surface area (TPSA) is 96.2 Å². The average molecular weight is 452 g/mol. The zero-order valence-electron chi connectivity index (χ0n) is 17.4. The Morgan fingerprint density at radius 1 is 1.09 bits per heavy atom. The molecule has 0 saturated carbocycles. The number of hydrogen-bond donors (Lipinski definition) is 2. The molecule has 2 N–H and O–H groups in total. The summed E-state index contributed by atoms with van der Waals surface area (Å²) in [6.07, 6.45) is 1.71. The van der Waals surface area contributed by atoms with Gasteiger partial charge in [0.2, 0.25) is 0 Å². The summed E-state index contributed by atoms with van der Waals surface area (Å²) in [5, 5.41) is 19.0. The van der Waals surface area contributed by atoms with Crippen molar-refractivity contribution >= 4 is 29.6 Å². The van der Waals surface area contributed by atoms with Gasteiger partial charge in [-0.25, -0.2) is 4.79 Å². The average Bonchev–Trinajstić information content (AvgIpc) is 2.77. The number of nitrogens with zero attached hydrogens (tertiary/aromatic N) is 1. The van der Waals surface area contributed by atoms with Gasteiger partial charge in [-0.05, 0) is 60.5 Å². The van der Waals surface area contributed by atoms with E-state index in [-0.39, 0.29) is 17.9 Å². The molecule has 0 aliphatic heterocycles. The van der Waals surface area contributed by atoms with Crippen LogP contribution in [0.1, 0.15) is 27.0 Å². The fraction of sp³-hybridized carbons (Fsp3) is 0.160. The summed E-state index contributed by atoms with van der Waals surface area (Å²) in [5.74, 6) is -0.593. The summed E-state index contributed by atoms with van der Waals surface area (Å²) in [6, 6.07) is 17.4. The van der Waals surface area contributed by atoms with Gasteiger partial charge in [0, 0.05) is 17.7 Å². The minimum absolute atomic E-state index is 0.119. The van der Waals surface area contributed by atoms with E-state index in [2.05, 4.69) is 4.99 Å². The first-order valence-electron chi connectivity index (χ1n) is 9.88. The SMILES string of the molecule is Cc1cccc(C(=O)Oc2cc(Cl)cc(/C=N\C(Cc3ccc(O)cc3)C(=O)CO)c2)c1. The second-order valence-corrected chi connectivity index (χ2v) is 7.70. The van der Waals surface area contributed by atoms with E-state index in [0.29, 0.717) is 16.1 Å². The molecule has 0 heterocycles. The highest BCUT2D eigenvalue weighted by atomic mass is 35.5. The number of hydrogen-bond acceptors (Lipinski definition) is 6. The maximum atomic E-state index is 12.4. The number of benzene rings is 3. The fourth-order valence-corrected chi connectivity index (χ4v) is 3.28. The van der Waals surface area contributed by atoms with Crippen LogP contribution in [0, 0.1) is 6.92 Å². The van der Waals surface area contributed by atoms with Crippen molar-refractivity contribution < 1.29 is 24.5 Å². The van der Waals surface area contributed by atoms with Crippen LogP contribution in [0.3, 0.4) is 0 Å². The number of aromatic hydroxyl groups is 1. The molecule has 0 aliphatic carbocycles. The number of carbonyl (C=O) groups excluding carboxylic acids is 2. The van der Waals surface area contributed by atoms with Crippen molar-refractivity contribution in [2.45, 2.75) is 19.4 Å². The van der Waals surface area contributed by atoms with Crippen LogP contribution in [0.15, 0.2) is 71.7 Å². The molecule has 7 heteroatoms. The zero-order chi connectivity index (χ0) is 23.1. The third kappa shape index (κ3) is 6.51. The Morgan fingerprint density at radius 2 is 1.84 bits per heavy atom. The summed E-state index contributed by atoms with van der Waals surface area (Å²) in [7, 11) is 0. The number of Topliss-reactive ketones (excluding diaryl/α,β-unsaturated/α-hetero) is 1. The second kappa shape index (κ2) is 10.7. The number of aryl methyl sites for hydroxylation is 1. The Labute approximate surface area is 190 Å². The summed E-state index contributed by atoms with van der Waals surface area (Å²) < 4.78 is 5.44. The number of aliphatic hydroxyl groups is 1. The van der Waals surface area contributed by atoms with Crippen LogP contribution in [-0.4, -0.2) is 40.8 Å². The lowest BCUT2D eigenvalue weighted by atomic mass is 10.0. The molecule has 3 rings (SSSR count). The minimum Gasteiger partial charge on any atom is -0.508 e. The fourth-order valence-electron chi connectivity index (χ4n) is 3.04. The molecule has 0 saturated heterocycles. The van der Waals surface area contributed by atoms with E-state index < -0.39 is 24.4 Å². The predicted octanol–water partition coefficient (Wildman–Crippen LogP) is 4.16. The van der Waals surface area contributed by atoms with Gasteiger partial charge in [-0.15, -0.1) is 0 Å². The van der Waals surface area contributed by atoms with Crippen LogP contribution in [0.25, 0.3) is 0 Å². The standard InChI is InChI=1S/C25H22ClNO5/c1-16-3-2-4-19(9-16)25(31)32-22-11-18(10-20(26)13-22)14-27-23(24(30)15-28)12-17-5-7-21(29)8-6-17/h2-11,13-14,23,28-29H,12,15H2,1H3/b27-14-. The van der Waals surface area contributed by atoms with Crippen molar-refractivity contribution in [2.75, 3.05) is 6.61 Å². The molecule has 6 nitrogen and oxygen atoms in total. The van der Waals surface area contributed by atoms with E-state index in [1.54, 1.807) is 42.5 Å². The monoisotopic (exact) mass is 451 g/mol. The summed E-state index contributed by atoms with van der Waals surface area (Å²) in [6.45, 7) is 1.24. The number of aliphatic imine (C=N–C) groups is 1. The number of esters is 1. The summed E-state index contributed by atoms with van der Waals surface area (Å²) in [5.41, 5.74) is 2.67. The lowest BCUT2D eigenvalue weighted by molar-refractivity contribution is -0.122. The highest BCUT2D eigenvalue weighted by Crippen LogP contribution is 2.22. The van der Waals surface area contributed by atoms with Gasteiger partial charge < -0.3 is 14.9 Å². The molecule has 0 radical (unpaired) electrons. The van der Waals surface area contributed by atoms with Crippen LogP contribution in [0.2, 0.25) is 5.02 Å². The molecule has 0 fully saturated rings. The second-order valence-electron chi connectivity index (χ2n) is 7.27. The van der Waals surface area contributed by atoms with E-state index in [9.17, 15) is 19.8 Å². The van der Waals surface area contributed by atoms with Gasteiger partial charge in [0.25, 0.3) is 0 Å². The quantitative estimate of drug-likeness (QED) is 0.304. The zero-order valence-corrected chi connectivity index (χ0v) is 18.1. The van der Waals surface area contributed by atoms with Gasteiger partial charge in [0.05, 0.1) is 5.56 Å². The molecule has 1 atom stereocenters. The van der Waals surface area contributed by atoms with Crippen LogP contribution >= 0.6 is 11.6 Å². The largest absolute Gasteiger partial charge is 0.508 e. The number of aliphatic hydroxyl groups excluding tert-OH is 1. The lowest BCUT2D eigenvalue weighted by Crippen LogP contribution is -2.24. The van der Waals surface area contributed by atoms with Gasteiger partial charge in [-0.2, -0.15) is 0 Å². The number of ketones is 1. The molecule has 1 unspecified atom stereocenters. The van der Waals surface area contributed by atoms with Crippen LogP contribution in [0.5, 0.6) is 11.5 Å². The van der Waals surface area contributed by atoms with E-state index in [1.807, 2.05) is 13.0 Å². The van der Waals surface area contributed by atoms with Crippen LogP contribution in [0.4, 0.5) is 0 Å². The normalized spacial score (nSPS) is 12.0. The Hall–Kier alpha value is -3.48. The van der Waals surface area contributed by atoms with Gasteiger partial charge in [0.15, 0.2) is 5.78 Å². The maximum Gasteiger partial charge on any atom is 0.343 e. The molecular formula is C25H22ClNO5. The Morgan fingerprint density at radius 3 is 2.53 bits per heavy atom. The number of rotatable bonds is 8. The van der Waals surface area contributed by atoms with E-state index in [4.69, 9.17) is 16.3 Å². The van der Waals surface area contributed by atoms with Crippen molar-refractivity contribution in [1.82, 2.24) is 0 Å². The van der Waals surface area contributed by atoms with Gasteiger partial charge in [0.1, 0.15) is 24.1 Å². The smallest absolute Gasteiger partial charge is 0.343 e. The van der Waals surface area contributed by atoms with Gasteiger partial charge in [-0.3, -0.25) is 9.79 Å². The van der Waals surface area contributed by atoms with Crippen molar-refractivity contribution in [2.24, 2.45) is 4.99 Å². The first-order valence-corrected chi connectivity index (χ1v) is 10.3. The number of halogens is 1. The predicted molar refractivity (Wildman–Crippen MR) is 123 cm³/mol. The molecule has 0 bridgehead atoms. The molecule has 164 valence electrons. The Kier molecular flexibility index (Phi) is 7.76. The van der Waals surface area contributed by atoms with Crippen molar-refractivity contribution in [3.63, 3.8) is 0 Å². The molecule has 3 aromatic rings. The third-order valence-corrected chi connectivity index (χ3v) is 4.87. The molecular weight excluding hydrogens is 430 g/mol. The Balaban J connectivity index is 1.78. The number of ether oxygens (including phenoxy) is 1. The lowest BCUT2D eigenvalue weighted by Gasteiger charge is -2.11. The number of phenolic OH excluding ortho intramolecular Hbond substituents is 1. The van der Waals surface area contributed by atoms with Gasteiger partial charge >= 0.3 is 5.97 Å². The van der Waals surface area contributed by atoms with E-state index in [1.165, 1.54) is 24.4 Å². The van der Waals surface area contributed by atoms with Crippen molar-refractivity contribution in [3.8, 4) is 11.5 Å². The molecule has 0 aliphatic rings. The highest BCUT2D eigenvalue weighted by molar-refractivity contribution is 6.31. The molecule has 0 aromatic heterocycles. The molecule has 3 aromatic carbocycles. The van der Waals surface area contributed by atoms with E-state index >= 15 is 0 Å². The van der Waals surface area contributed by atoms with Gasteiger partial charge in [-0.1, -0.05) is 41.4 Å². The van der Waals surface area contributed by atoms with Crippen LogP contribution < -0.4 is 4.74 Å². The maximum absolute atomic E-state index is 12.4. The van der Waals surface area contributed by atoms with Crippen molar-refractivity contribution in [1.29, 1.82) is 0 Å². The van der Waals surface area contributed by atoms with Crippen LogP contribution in [-0.2, 0) is 11.2 Å². The minimum atomic E-state index is -0.818. The number of phenols is 1. The molecule has 0 amide bonds. The van der Waals surface area contributed by atoms with Crippen molar-refractivity contribution in [3.05, 3.63) is 94.0 Å². The molecule has 0 spiro atoms. The molecule has 32 heavy (non-hydrogen) atoms.